The van der Waals surface area contributed by atoms with Gasteiger partial charge in [0.05, 0.1) is 6.61 Å². The summed E-state index contributed by atoms with van der Waals surface area (Å²) >= 11 is 0. The van der Waals surface area contributed by atoms with E-state index in [0.717, 1.165) is 17.1 Å². The molecule has 24 heavy (non-hydrogen) atoms. The molecule has 128 valence electrons. The predicted octanol–water partition coefficient (Wildman–Crippen LogP) is 4.05. The van der Waals surface area contributed by atoms with Crippen LogP contribution in [0.5, 0.6) is 11.5 Å². The van der Waals surface area contributed by atoms with Crippen LogP contribution in [0.3, 0.4) is 0 Å². The third-order valence-electron chi connectivity index (χ3n) is 3.43. The van der Waals surface area contributed by atoms with Crippen LogP contribution < -0.4 is 14.8 Å². The van der Waals surface area contributed by atoms with E-state index in [1.807, 2.05) is 55.5 Å². The normalized spacial score (nSPS) is 10.5. The maximum atomic E-state index is 12.0. The molecule has 2 rings (SSSR count). The summed E-state index contributed by atoms with van der Waals surface area (Å²) in [5, 5.41) is 2.91. The van der Waals surface area contributed by atoms with Crippen LogP contribution in [0.4, 0.5) is 0 Å². The summed E-state index contributed by atoms with van der Waals surface area (Å²) in [6.45, 7) is 7.89. The molecule has 1 N–H and O–H groups in total. The molecule has 1 amide bonds. The zero-order chi connectivity index (χ0) is 17.4. The number of hydrogen-bond donors (Lipinski definition) is 1. The van der Waals surface area contributed by atoms with Crippen LogP contribution in [-0.2, 0) is 6.61 Å². The highest BCUT2D eigenvalue weighted by Gasteiger charge is 2.06. The summed E-state index contributed by atoms with van der Waals surface area (Å²) in [6, 6.07) is 15.0. The van der Waals surface area contributed by atoms with Gasteiger partial charge in [-0.1, -0.05) is 26.0 Å². The number of ether oxygens (including phenoxy) is 2. The summed E-state index contributed by atoms with van der Waals surface area (Å²) in [7, 11) is 0. The van der Waals surface area contributed by atoms with Gasteiger partial charge in [0.15, 0.2) is 0 Å². The van der Waals surface area contributed by atoms with E-state index in [-0.39, 0.29) is 5.91 Å². The van der Waals surface area contributed by atoms with Gasteiger partial charge >= 0.3 is 0 Å². The molecule has 0 spiro atoms. The Morgan fingerprint density at radius 1 is 0.958 bits per heavy atom. The van der Waals surface area contributed by atoms with Crippen molar-refractivity contribution < 1.29 is 14.3 Å². The lowest BCUT2D eigenvalue weighted by Crippen LogP contribution is -2.27. The average molecular weight is 327 g/mol. The van der Waals surface area contributed by atoms with Gasteiger partial charge in [0.25, 0.3) is 5.91 Å². The Kier molecular flexibility index (Phi) is 6.67. The molecule has 0 aliphatic heterocycles. The number of amides is 1. The second-order valence-electron chi connectivity index (χ2n) is 5.99. The van der Waals surface area contributed by atoms with Crippen molar-refractivity contribution in [3.05, 3.63) is 59.7 Å². The second kappa shape index (κ2) is 8.96. The third kappa shape index (κ3) is 5.61. The van der Waals surface area contributed by atoms with Gasteiger partial charge in [-0.3, -0.25) is 4.79 Å². The molecule has 0 aromatic heterocycles. The summed E-state index contributed by atoms with van der Waals surface area (Å²) in [6.07, 6.45) is 0. The van der Waals surface area contributed by atoms with Gasteiger partial charge in [-0.2, -0.15) is 0 Å². The van der Waals surface area contributed by atoms with Gasteiger partial charge in [0.1, 0.15) is 18.1 Å². The predicted molar refractivity (Wildman–Crippen MR) is 95.6 cm³/mol. The van der Waals surface area contributed by atoms with Gasteiger partial charge in [-0.15, -0.1) is 0 Å². The summed E-state index contributed by atoms with van der Waals surface area (Å²) < 4.78 is 11.1. The molecule has 0 aliphatic carbocycles. The number of carbonyl (C=O) groups is 1. The van der Waals surface area contributed by atoms with Crippen LogP contribution in [-0.4, -0.2) is 19.1 Å². The fraction of sp³-hybridized carbons (Fsp3) is 0.350. The summed E-state index contributed by atoms with van der Waals surface area (Å²) in [5.41, 5.74) is 1.68. The Morgan fingerprint density at radius 2 is 1.54 bits per heavy atom. The van der Waals surface area contributed by atoms with Gasteiger partial charge in [-0.25, -0.2) is 0 Å². The van der Waals surface area contributed by atoms with Gasteiger partial charge in [0.2, 0.25) is 0 Å². The van der Waals surface area contributed by atoms with Crippen LogP contribution in [0.1, 0.15) is 36.7 Å². The lowest BCUT2D eigenvalue weighted by Gasteiger charge is -2.09. The van der Waals surface area contributed by atoms with Crippen molar-refractivity contribution in [3.63, 3.8) is 0 Å². The third-order valence-corrected chi connectivity index (χ3v) is 3.43. The van der Waals surface area contributed by atoms with Crippen LogP contribution in [0.15, 0.2) is 48.5 Å². The molecule has 2 aromatic rings. The van der Waals surface area contributed by atoms with Gasteiger partial charge in [0, 0.05) is 12.1 Å². The minimum Gasteiger partial charge on any atom is -0.494 e. The van der Waals surface area contributed by atoms with E-state index in [0.29, 0.717) is 31.2 Å². The van der Waals surface area contributed by atoms with E-state index < -0.39 is 0 Å². The molecule has 0 fully saturated rings. The van der Waals surface area contributed by atoms with Crippen molar-refractivity contribution in [1.29, 1.82) is 0 Å². The molecular weight excluding hydrogens is 302 g/mol. The molecule has 0 bridgehead atoms. The molecule has 0 radical (unpaired) electrons. The second-order valence-corrected chi connectivity index (χ2v) is 5.99. The molecule has 4 heteroatoms. The fourth-order valence-corrected chi connectivity index (χ4v) is 2.12. The molecule has 0 saturated heterocycles. The van der Waals surface area contributed by atoms with Crippen LogP contribution in [0.2, 0.25) is 0 Å². The summed E-state index contributed by atoms with van der Waals surface area (Å²) in [5.74, 6) is 2.03. The fourth-order valence-electron chi connectivity index (χ4n) is 2.12. The number of carbonyl (C=O) groups excluding carboxylic acids is 1. The lowest BCUT2D eigenvalue weighted by atomic mass is 10.1. The largest absolute Gasteiger partial charge is 0.494 e. The summed E-state index contributed by atoms with van der Waals surface area (Å²) in [4.78, 5) is 12.0. The first kappa shape index (κ1) is 17.9. The van der Waals surface area contributed by atoms with E-state index in [2.05, 4.69) is 19.2 Å². The van der Waals surface area contributed by atoms with Crippen molar-refractivity contribution in [2.75, 3.05) is 13.2 Å². The van der Waals surface area contributed by atoms with Crippen molar-refractivity contribution in [2.45, 2.75) is 27.4 Å². The first-order chi connectivity index (χ1) is 11.6. The van der Waals surface area contributed by atoms with E-state index in [9.17, 15) is 4.79 Å². The molecule has 4 nitrogen and oxygen atoms in total. The Hall–Kier alpha value is -2.49. The van der Waals surface area contributed by atoms with Gasteiger partial charge in [-0.05, 0) is 54.8 Å². The topological polar surface area (TPSA) is 47.6 Å². The van der Waals surface area contributed by atoms with E-state index in [1.54, 1.807) is 0 Å². The highest BCUT2D eigenvalue weighted by atomic mass is 16.5. The minimum atomic E-state index is -0.0392. The van der Waals surface area contributed by atoms with Crippen molar-refractivity contribution in [2.24, 2.45) is 5.92 Å². The number of nitrogens with one attached hydrogen (secondary N) is 1. The number of benzene rings is 2. The lowest BCUT2D eigenvalue weighted by molar-refractivity contribution is 0.0949. The molecule has 0 atom stereocenters. The van der Waals surface area contributed by atoms with Crippen LogP contribution in [0, 0.1) is 5.92 Å². The van der Waals surface area contributed by atoms with Gasteiger partial charge < -0.3 is 14.8 Å². The van der Waals surface area contributed by atoms with E-state index in [4.69, 9.17) is 9.47 Å². The van der Waals surface area contributed by atoms with E-state index in [1.165, 1.54) is 0 Å². The Bertz CT molecular complexity index is 633. The van der Waals surface area contributed by atoms with Crippen molar-refractivity contribution >= 4 is 5.91 Å². The minimum absolute atomic E-state index is 0.0392. The number of rotatable bonds is 8. The Labute approximate surface area is 143 Å². The molecule has 0 unspecified atom stereocenters. The van der Waals surface area contributed by atoms with Crippen LogP contribution in [0.25, 0.3) is 0 Å². The smallest absolute Gasteiger partial charge is 0.251 e. The molecule has 0 aliphatic rings. The Morgan fingerprint density at radius 3 is 2.08 bits per heavy atom. The van der Waals surface area contributed by atoms with Crippen molar-refractivity contribution in [1.82, 2.24) is 5.32 Å². The highest BCUT2D eigenvalue weighted by Crippen LogP contribution is 2.18. The highest BCUT2D eigenvalue weighted by molar-refractivity contribution is 5.94. The Balaban J connectivity index is 1.86. The molecule has 2 aromatic carbocycles. The van der Waals surface area contributed by atoms with E-state index >= 15 is 0 Å². The standard InChI is InChI=1S/C20H25NO3/c1-4-23-18-9-11-19(12-10-18)24-14-16-5-7-17(8-6-16)20(22)21-13-15(2)3/h5-12,15H,4,13-14H2,1-3H3,(H,21,22). The molecular formula is C20H25NO3. The van der Waals surface area contributed by atoms with Crippen molar-refractivity contribution in [3.8, 4) is 11.5 Å². The first-order valence-electron chi connectivity index (χ1n) is 8.31. The maximum Gasteiger partial charge on any atom is 0.251 e. The monoisotopic (exact) mass is 327 g/mol. The first-order valence-corrected chi connectivity index (χ1v) is 8.31. The zero-order valence-electron chi connectivity index (χ0n) is 14.5. The van der Waals surface area contributed by atoms with Crippen LogP contribution >= 0.6 is 0 Å². The maximum absolute atomic E-state index is 12.0. The quantitative estimate of drug-likeness (QED) is 0.795. The number of hydrogen-bond acceptors (Lipinski definition) is 3. The SMILES string of the molecule is CCOc1ccc(OCc2ccc(C(=O)NCC(C)C)cc2)cc1. The zero-order valence-corrected chi connectivity index (χ0v) is 14.5. The molecule has 0 heterocycles. The molecule has 0 saturated carbocycles. The average Bonchev–Trinajstić information content (AvgIpc) is 2.60.